The third kappa shape index (κ3) is 48.0. The van der Waals surface area contributed by atoms with Crippen LogP contribution in [0.3, 0.4) is 0 Å². The maximum atomic E-state index is 12.7. The van der Waals surface area contributed by atoms with Gasteiger partial charge >= 0.3 is 19.8 Å². The standard InChI is InChI=1S/C52H97O10P/c1-3-5-7-9-11-13-15-17-19-21-22-23-24-25-26-28-29-31-33-35-37-39-41-43-51(55)59-47-50(48-61-63(57,58)60-46-49(54)45-53)62-52(56)44-42-40-38-36-34-32-30-27-20-18-16-14-12-10-8-6-4-2/h6,8,12,14,18,20,49-50,53-54H,3-5,7,9-11,13,15-17,19,21-48H2,1-2H3,(H,57,58)/b8-6-,14-12-,20-18-. The van der Waals surface area contributed by atoms with Crippen LogP contribution in [-0.4, -0.2) is 65.7 Å². The van der Waals surface area contributed by atoms with Gasteiger partial charge < -0.3 is 24.6 Å². The average Bonchev–Trinajstić information content (AvgIpc) is 3.27. The fourth-order valence-electron chi connectivity index (χ4n) is 7.36. The van der Waals surface area contributed by atoms with Gasteiger partial charge in [0.05, 0.1) is 19.8 Å². The van der Waals surface area contributed by atoms with Gasteiger partial charge in [-0.2, -0.15) is 0 Å². The molecular weight excluding hydrogens is 816 g/mol. The van der Waals surface area contributed by atoms with E-state index >= 15 is 0 Å². The number of phosphoric ester groups is 1. The Morgan fingerprint density at radius 3 is 1.32 bits per heavy atom. The SMILES string of the molecule is CC/C=C\C/C=C\C/C=C\CCCCCCCCCC(=O)OC(COC(=O)CCCCCCCCCCCCCCCCCCCCCCCCC)COP(=O)(O)OCC(O)CO. The summed E-state index contributed by atoms with van der Waals surface area (Å²) >= 11 is 0. The van der Waals surface area contributed by atoms with Crippen LogP contribution < -0.4 is 0 Å². The van der Waals surface area contributed by atoms with E-state index in [4.69, 9.17) is 23.6 Å². The number of aliphatic hydroxyl groups excluding tert-OH is 2. The molecule has 3 atom stereocenters. The average molecular weight is 913 g/mol. The van der Waals surface area contributed by atoms with E-state index in [-0.39, 0.29) is 19.4 Å². The summed E-state index contributed by atoms with van der Waals surface area (Å²) in [6.45, 7) is 2.30. The zero-order valence-electron chi connectivity index (χ0n) is 40.5. The zero-order chi connectivity index (χ0) is 46.2. The Balaban J connectivity index is 4.12. The second-order valence-electron chi connectivity index (χ2n) is 17.5. The molecule has 0 aromatic heterocycles. The highest BCUT2D eigenvalue weighted by molar-refractivity contribution is 7.47. The molecule has 10 nitrogen and oxygen atoms in total. The van der Waals surface area contributed by atoms with Crippen molar-refractivity contribution in [1.29, 1.82) is 0 Å². The van der Waals surface area contributed by atoms with E-state index in [2.05, 4.69) is 50.3 Å². The summed E-state index contributed by atoms with van der Waals surface area (Å²) in [6.07, 6.45) is 52.6. The first-order valence-corrected chi connectivity index (χ1v) is 27.4. The minimum atomic E-state index is -4.62. The number of carbonyl (C=O) groups is 2. The molecule has 0 aromatic carbocycles. The molecule has 63 heavy (non-hydrogen) atoms. The molecule has 0 rings (SSSR count). The lowest BCUT2D eigenvalue weighted by atomic mass is 10.0. The van der Waals surface area contributed by atoms with E-state index in [9.17, 15) is 24.2 Å². The van der Waals surface area contributed by atoms with Gasteiger partial charge in [0.25, 0.3) is 0 Å². The van der Waals surface area contributed by atoms with Crippen molar-refractivity contribution < 1.29 is 47.8 Å². The quantitative estimate of drug-likeness (QED) is 0.0233. The Hall–Kier alpha value is -1.81. The van der Waals surface area contributed by atoms with Crippen molar-refractivity contribution in [3.05, 3.63) is 36.5 Å². The van der Waals surface area contributed by atoms with Crippen molar-refractivity contribution in [1.82, 2.24) is 0 Å². The van der Waals surface area contributed by atoms with E-state index < -0.39 is 51.8 Å². The van der Waals surface area contributed by atoms with Crippen LogP contribution in [0, 0.1) is 0 Å². The molecular formula is C52H97O10P. The first kappa shape index (κ1) is 61.2. The van der Waals surface area contributed by atoms with Gasteiger partial charge in [-0.05, 0) is 44.9 Å². The highest BCUT2D eigenvalue weighted by atomic mass is 31.2. The Morgan fingerprint density at radius 1 is 0.492 bits per heavy atom. The van der Waals surface area contributed by atoms with E-state index in [1.807, 2.05) is 0 Å². The van der Waals surface area contributed by atoms with Crippen molar-refractivity contribution in [2.45, 2.75) is 257 Å². The summed E-state index contributed by atoms with van der Waals surface area (Å²) in [7, 11) is -4.62. The van der Waals surface area contributed by atoms with Crippen LogP contribution in [0.2, 0.25) is 0 Å². The lowest BCUT2D eigenvalue weighted by Gasteiger charge is -2.20. The van der Waals surface area contributed by atoms with Crippen LogP contribution in [0.4, 0.5) is 0 Å². The summed E-state index contributed by atoms with van der Waals surface area (Å²) in [6, 6.07) is 0. The fraction of sp³-hybridized carbons (Fsp3) is 0.846. The van der Waals surface area contributed by atoms with Gasteiger partial charge in [0.2, 0.25) is 0 Å². The number of aliphatic hydroxyl groups is 2. The number of allylic oxidation sites excluding steroid dienone is 6. The number of phosphoric acid groups is 1. The van der Waals surface area contributed by atoms with Crippen molar-refractivity contribution in [2.75, 3.05) is 26.4 Å². The van der Waals surface area contributed by atoms with Gasteiger partial charge in [-0.15, -0.1) is 0 Å². The molecule has 3 N–H and O–H groups in total. The number of rotatable bonds is 49. The molecule has 0 aliphatic rings. The van der Waals surface area contributed by atoms with E-state index in [0.29, 0.717) is 12.8 Å². The second kappa shape index (κ2) is 48.1. The molecule has 3 unspecified atom stereocenters. The van der Waals surface area contributed by atoms with Crippen LogP contribution in [-0.2, 0) is 32.7 Å². The summed E-state index contributed by atoms with van der Waals surface area (Å²) < 4.78 is 32.9. The van der Waals surface area contributed by atoms with Gasteiger partial charge in [0, 0.05) is 12.8 Å². The number of unbranched alkanes of at least 4 members (excludes halogenated alkanes) is 29. The molecule has 0 bridgehead atoms. The Bertz CT molecular complexity index is 1140. The van der Waals surface area contributed by atoms with Gasteiger partial charge in [-0.3, -0.25) is 18.6 Å². The second-order valence-corrected chi connectivity index (χ2v) is 19.0. The maximum Gasteiger partial charge on any atom is 0.472 e. The third-order valence-corrected chi connectivity index (χ3v) is 12.3. The van der Waals surface area contributed by atoms with Gasteiger partial charge in [0.15, 0.2) is 6.10 Å². The zero-order valence-corrected chi connectivity index (χ0v) is 41.4. The molecule has 0 saturated carbocycles. The van der Waals surface area contributed by atoms with Crippen LogP contribution in [0.1, 0.15) is 245 Å². The van der Waals surface area contributed by atoms with Gasteiger partial charge in [0.1, 0.15) is 12.7 Å². The number of carbonyl (C=O) groups excluding carboxylic acids is 2. The molecule has 0 aliphatic carbocycles. The Morgan fingerprint density at radius 2 is 0.873 bits per heavy atom. The van der Waals surface area contributed by atoms with Crippen LogP contribution in [0.5, 0.6) is 0 Å². The molecule has 0 radical (unpaired) electrons. The number of ether oxygens (including phenoxy) is 2. The van der Waals surface area contributed by atoms with Gasteiger partial charge in [-0.25, -0.2) is 4.57 Å². The largest absolute Gasteiger partial charge is 0.472 e. The predicted molar refractivity (Wildman–Crippen MR) is 261 cm³/mol. The van der Waals surface area contributed by atoms with Crippen LogP contribution >= 0.6 is 7.82 Å². The first-order chi connectivity index (χ1) is 30.7. The normalized spacial score (nSPS) is 13.9. The fourth-order valence-corrected chi connectivity index (χ4v) is 8.15. The molecule has 0 spiro atoms. The molecule has 0 heterocycles. The van der Waals surface area contributed by atoms with E-state index in [1.165, 1.54) is 135 Å². The minimum absolute atomic E-state index is 0.175. The predicted octanol–water partition coefficient (Wildman–Crippen LogP) is 14.7. The smallest absolute Gasteiger partial charge is 0.462 e. The van der Waals surface area contributed by atoms with Crippen molar-refractivity contribution >= 4 is 19.8 Å². The Kier molecular flexibility index (Phi) is 46.7. The molecule has 0 aromatic rings. The molecule has 0 aliphatic heterocycles. The van der Waals surface area contributed by atoms with Gasteiger partial charge in [-0.1, -0.05) is 224 Å². The third-order valence-electron chi connectivity index (χ3n) is 11.3. The van der Waals surface area contributed by atoms with E-state index in [1.54, 1.807) is 0 Å². The number of esters is 2. The van der Waals surface area contributed by atoms with Crippen molar-refractivity contribution in [3.63, 3.8) is 0 Å². The summed E-state index contributed by atoms with van der Waals surface area (Å²) in [5, 5.41) is 18.4. The molecule has 0 saturated heterocycles. The lowest BCUT2D eigenvalue weighted by Crippen LogP contribution is -2.29. The maximum absolute atomic E-state index is 12.7. The van der Waals surface area contributed by atoms with E-state index in [0.717, 1.165) is 70.6 Å². The highest BCUT2D eigenvalue weighted by Gasteiger charge is 2.27. The first-order valence-electron chi connectivity index (χ1n) is 25.9. The van der Waals surface area contributed by atoms with Crippen LogP contribution in [0.15, 0.2) is 36.5 Å². The van der Waals surface area contributed by atoms with Crippen molar-refractivity contribution in [2.24, 2.45) is 0 Å². The molecule has 0 fully saturated rings. The molecule has 370 valence electrons. The van der Waals surface area contributed by atoms with Crippen molar-refractivity contribution in [3.8, 4) is 0 Å². The monoisotopic (exact) mass is 913 g/mol. The highest BCUT2D eigenvalue weighted by Crippen LogP contribution is 2.43. The summed E-state index contributed by atoms with van der Waals surface area (Å²) in [5.74, 6) is -0.925. The Labute approximate surface area is 386 Å². The molecule has 11 heteroatoms. The van der Waals surface area contributed by atoms with Crippen LogP contribution in [0.25, 0.3) is 0 Å². The molecule has 0 amide bonds. The lowest BCUT2D eigenvalue weighted by molar-refractivity contribution is -0.161. The minimum Gasteiger partial charge on any atom is -0.462 e. The number of hydrogen-bond donors (Lipinski definition) is 3. The summed E-state index contributed by atoms with van der Waals surface area (Å²) in [4.78, 5) is 35.2. The topological polar surface area (TPSA) is 149 Å². The number of hydrogen-bond acceptors (Lipinski definition) is 9. The summed E-state index contributed by atoms with van der Waals surface area (Å²) in [5.41, 5.74) is 0.